The van der Waals surface area contributed by atoms with Crippen molar-refractivity contribution in [2.75, 3.05) is 17.2 Å². The Kier molecular flexibility index (Phi) is 9.36. The number of thiazole rings is 1. The predicted molar refractivity (Wildman–Crippen MR) is 123 cm³/mol. The number of thioether (sulfide) groups is 3. The molecule has 0 saturated carbocycles. The van der Waals surface area contributed by atoms with Gasteiger partial charge in [-0.25, -0.2) is 9.67 Å². The minimum absolute atomic E-state index is 0. The molecule has 0 bridgehead atoms. The van der Waals surface area contributed by atoms with Gasteiger partial charge in [0, 0.05) is 24.1 Å². The largest absolute Gasteiger partial charge is 1.00 e. The fraction of sp³-hybridized carbons (Fsp3) is 0.312. The van der Waals surface area contributed by atoms with Gasteiger partial charge in [0.2, 0.25) is 5.16 Å². The van der Waals surface area contributed by atoms with Crippen LogP contribution in [0.3, 0.4) is 0 Å². The summed E-state index contributed by atoms with van der Waals surface area (Å²) in [5.41, 5.74) is 7.04. The van der Waals surface area contributed by atoms with Crippen molar-refractivity contribution in [2.24, 2.45) is 7.05 Å². The van der Waals surface area contributed by atoms with Crippen LogP contribution in [0.2, 0.25) is 0 Å². The number of carboxylic acids is 1. The Morgan fingerprint density at radius 1 is 1.47 bits per heavy atom. The first kappa shape index (κ1) is 27.3. The van der Waals surface area contributed by atoms with E-state index in [0.29, 0.717) is 25.8 Å². The number of carboxylic acid groups (broad SMARTS) is 1. The number of aromatic nitrogens is 5. The number of aliphatic carboxylic acids is 1. The fourth-order valence-corrected chi connectivity index (χ4v) is 7.23. The molecule has 3 N–H and O–H groups in total. The Hall–Kier alpha value is -1.27. The fourth-order valence-electron chi connectivity index (χ4n) is 3.04. The van der Waals surface area contributed by atoms with Crippen LogP contribution in [0.15, 0.2) is 37.3 Å². The second-order valence-corrected chi connectivity index (χ2v) is 11.2. The number of nitrogen functional groups attached to an aromatic ring is 1. The van der Waals surface area contributed by atoms with E-state index in [0.717, 1.165) is 22.2 Å². The number of rotatable bonds is 8. The zero-order valence-electron chi connectivity index (χ0n) is 17.6. The molecule has 4 heterocycles. The third-order valence-electron chi connectivity index (χ3n) is 4.52. The van der Waals surface area contributed by atoms with Crippen molar-refractivity contribution in [1.82, 2.24) is 35.4 Å². The topological polar surface area (TPSA) is 172 Å². The van der Waals surface area contributed by atoms with E-state index < -0.39 is 29.2 Å². The van der Waals surface area contributed by atoms with Gasteiger partial charge < -0.3 is 21.0 Å². The van der Waals surface area contributed by atoms with Crippen molar-refractivity contribution in [3.63, 3.8) is 0 Å². The number of amides is 2. The summed E-state index contributed by atoms with van der Waals surface area (Å²) in [5, 5.41) is 25.9. The zero-order valence-corrected chi connectivity index (χ0v) is 23.7. The van der Waals surface area contributed by atoms with Gasteiger partial charge in [0.15, 0.2) is 5.13 Å². The van der Waals surface area contributed by atoms with E-state index in [2.05, 4.69) is 25.8 Å². The number of fused-ring (bicyclic) bond motifs is 1. The van der Waals surface area contributed by atoms with Crippen molar-refractivity contribution >= 4 is 81.1 Å². The van der Waals surface area contributed by atoms with E-state index in [1.165, 1.54) is 45.7 Å². The second kappa shape index (κ2) is 11.6. The van der Waals surface area contributed by atoms with Gasteiger partial charge >= 0.3 is 29.6 Å². The van der Waals surface area contributed by atoms with E-state index in [1.807, 2.05) is 0 Å². The van der Waals surface area contributed by atoms with E-state index in [-0.39, 0.29) is 45.9 Å². The first-order valence-electron chi connectivity index (χ1n) is 9.03. The number of nitrogens with one attached hydrogen (secondary N) is 1. The first-order valence-corrected chi connectivity index (χ1v) is 13.1. The molecule has 0 radical (unpaired) electrons. The standard InChI is InChI=1S/C16H15ClN8O4S4.Na/c1-24-16(21-22-23-24)31-5-6-4-30-13-9(12(27)25(13)10(6)14(28)29)20-11(26)7(2-17)32-8-3-19-15(18)33-8;/h2-3,9,13H,4-5H2,1H3,(H2,18,19)(H,20,26)(H,28,29);/q;+1/p-1/b7-2+;. The maximum atomic E-state index is 12.8. The molecule has 1 fully saturated rings. The molecular formula is C16H14ClN8NaO4S4. The van der Waals surface area contributed by atoms with Crippen molar-refractivity contribution in [1.29, 1.82) is 0 Å². The normalized spacial score (nSPS) is 19.9. The van der Waals surface area contributed by atoms with E-state index in [9.17, 15) is 19.5 Å². The molecule has 0 spiro atoms. The molecule has 2 aliphatic heterocycles. The molecule has 0 aromatic carbocycles. The number of nitrogens with zero attached hydrogens (tertiary/aromatic N) is 6. The molecule has 18 heteroatoms. The SMILES string of the molecule is Cn1nnnc1SCC1=C(C(=O)[O-])N2C(=O)C(NC(=O)/C(=C\Cl)Sc3cnc(N)s3)C2SC1.[Na+]. The van der Waals surface area contributed by atoms with Gasteiger partial charge in [0.05, 0.1) is 27.0 Å². The number of hydrogen-bond donors (Lipinski definition) is 2. The molecule has 2 aromatic heterocycles. The Bertz CT molecular complexity index is 1190. The molecule has 4 rings (SSSR count). The maximum Gasteiger partial charge on any atom is 1.00 e. The van der Waals surface area contributed by atoms with Crippen LogP contribution in [0.25, 0.3) is 0 Å². The number of hydrogen-bond acceptors (Lipinski definition) is 13. The van der Waals surface area contributed by atoms with Crippen LogP contribution in [0.4, 0.5) is 5.13 Å². The molecule has 34 heavy (non-hydrogen) atoms. The average molecular weight is 569 g/mol. The van der Waals surface area contributed by atoms with E-state index in [4.69, 9.17) is 17.3 Å². The molecular weight excluding hydrogens is 555 g/mol. The minimum atomic E-state index is -1.45. The summed E-state index contributed by atoms with van der Waals surface area (Å²) in [5.74, 6) is -1.94. The van der Waals surface area contributed by atoms with Gasteiger partial charge in [-0.1, -0.05) is 46.5 Å². The molecule has 0 aliphatic carbocycles. The van der Waals surface area contributed by atoms with Crippen LogP contribution in [0.1, 0.15) is 0 Å². The third-order valence-corrected chi connectivity index (χ3v) is 9.25. The number of tetrazole rings is 1. The van der Waals surface area contributed by atoms with Gasteiger partial charge in [-0.15, -0.1) is 16.9 Å². The summed E-state index contributed by atoms with van der Waals surface area (Å²) in [6.45, 7) is 0. The van der Waals surface area contributed by atoms with Crippen molar-refractivity contribution < 1.29 is 49.0 Å². The number of carbonyl (C=O) groups is 3. The van der Waals surface area contributed by atoms with E-state index >= 15 is 0 Å². The Labute approximate surface area is 236 Å². The van der Waals surface area contributed by atoms with Crippen LogP contribution in [-0.4, -0.2) is 70.8 Å². The summed E-state index contributed by atoms with van der Waals surface area (Å²) >= 11 is 10.7. The summed E-state index contributed by atoms with van der Waals surface area (Å²) in [6.07, 6.45) is 1.51. The smallest absolute Gasteiger partial charge is 0.543 e. The molecule has 2 aliphatic rings. The van der Waals surface area contributed by atoms with Gasteiger partial charge in [-0.3, -0.25) is 14.5 Å². The Morgan fingerprint density at radius 3 is 2.82 bits per heavy atom. The van der Waals surface area contributed by atoms with Crippen LogP contribution < -0.4 is 45.7 Å². The molecule has 2 amide bonds. The summed E-state index contributed by atoms with van der Waals surface area (Å²) in [4.78, 5) is 42.6. The van der Waals surface area contributed by atoms with Crippen molar-refractivity contribution in [2.45, 2.75) is 20.8 Å². The third kappa shape index (κ3) is 5.59. The minimum Gasteiger partial charge on any atom is -0.543 e. The second-order valence-electron chi connectivity index (χ2n) is 6.57. The van der Waals surface area contributed by atoms with E-state index in [1.54, 1.807) is 7.05 Å². The molecule has 12 nitrogen and oxygen atoms in total. The van der Waals surface area contributed by atoms with Crippen LogP contribution in [0, 0.1) is 0 Å². The molecule has 2 aromatic rings. The van der Waals surface area contributed by atoms with Gasteiger partial charge in [-0.05, 0) is 16.0 Å². The average Bonchev–Trinajstić information content (AvgIpc) is 3.40. The molecule has 174 valence electrons. The van der Waals surface area contributed by atoms with Gasteiger partial charge in [0.1, 0.15) is 11.4 Å². The van der Waals surface area contributed by atoms with Gasteiger partial charge in [0.25, 0.3) is 11.8 Å². The zero-order chi connectivity index (χ0) is 23.7. The van der Waals surface area contributed by atoms with Crippen molar-refractivity contribution in [3.8, 4) is 0 Å². The quantitative estimate of drug-likeness (QED) is 0.140. The molecule has 2 atom stereocenters. The number of aryl methyl sites for hydroxylation is 1. The first-order chi connectivity index (χ1) is 15.8. The number of anilines is 1. The summed E-state index contributed by atoms with van der Waals surface area (Å²) in [7, 11) is 1.67. The van der Waals surface area contributed by atoms with Crippen molar-refractivity contribution in [3.05, 3.63) is 27.9 Å². The number of carbonyl (C=O) groups excluding carboxylic acids is 3. The van der Waals surface area contributed by atoms with Gasteiger partial charge in [-0.2, -0.15) is 0 Å². The number of halogens is 1. The summed E-state index contributed by atoms with van der Waals surface area (Å²) < 4.78 is 2.12. The monoisotopic (exact) mass is 568 g/mol. The number of nitrogens with two attached hydrogens (primary N) is 1. The van der Waals surface area contributed by atoms with Crippen LogP contribution in [-0.2, 0) is 21.4 Å². The van der Waals surface area contributed by atoms with Crippen LogP contribution >= 0.6 is 58.2 Å². The number of β-lactam (4-membered cyclic amide) rings is 1. The Balaban J connectivity index is 0.00000324. The molecule has 1 saturated heterocycles. The Morgan fingerprint density at radius 2 is 2.24 bits per heavy atom. The maximum absolute atomic E-state index is 12.8. The van der Waals surface area contributed by atoms with Crippen LogP contribution in [0.5, 0.6) is 0 Å². The molecule has 2 unspecified atom stereocenters. The predicted octanol–water partition coefficient (Wildman–Crippen LogP) is -3.38. The summed E-state index contributed by atoms with van der Waals surface area (Å²) in [6, 6.07) is -0.896.